The van der Waals surface area contributed by atoms with Gasteiger partial charge >= 0.3 is 6.03 Å². The maximum atomic E-state index is 12.1. The van der Waals surface area contributed by atoms with Crippen molar-refractivity contribution >= 4 is 16.1 Å². The molecule has 0 bridgehead atoms. The van der Waals surface area contributed by atoms with Crippen LogP contribution in [0.5, 0.6) is 5.75 Å². The lowest BCUT2D eigenvalue weighted by Gasteiger charge is -2.33. The predicted molar refractivity (Wildman–Crippen MR) is 87.9 cm³/mol. The Morgan fingerprint density at radius 2 is 1.87 bits per heavy atom. The summed E-state index contributed by atoms with van der Waals surface area (Å²) < 4.78 is 29.8. The van der Waals surface area contributed by atoms with Crippen molar-refractivity contribution in [2.75, 3.05) is 39.2 Å². The van der Waals surface area contributed by atoms with E-state index in [-0.39, 0.29) is 12.8 Å². The van der Waals surface area contributed by atoms with Gasteiger partial charge in [-0.3, -0.25) is 0 Å². The van der Waals surface area contributed by atoms with Gasteiger partial charge in [-0.1, -0.05) is 17.7 Å². The first-order valence-corrected chi connectivity index (χ1v) is 9.30. The lowest BCUT2D eigenvalue weighted by Crippen LogP contribution is -2.53. The van der Waals surface area contributed by atoms with Crippen molar-refractivity contribution in [3.8, 4) is 5.75 Å². The monoisotopic (exact) mass is 341 g/mol. The van der Waals surface area contributed by atoms with Crippen molar-refractivity contribution in [3.63, 3.8) is 0 Å². The SMILES string of the molecule is Cc1ccc(OCNC(=O)N2CCN(S(C)(=O)=O)CC2)c(C)c1. The normalized spacial score (nSPS) is 16.2. The van der Waals surface area contributed by atoms with Gasteiger partial charge < -0.3 is 15.0 Å². The second-order valence-electron chi connectivity index (χ2n) is 5.69. The fourth-order valence-electron chi connectivity index (χ4n) is 2.47. The third-order valence-corrected chi connectivity index (χ3v) is 5.08. The Morgan fingerprint density at radius 1 is 1.22 bits per heavy atom. The van der Waals surface area contributed by atoms with E-state index < -0.39 is 10.0 Å². The minimum atomic E-state index is -3.19. The van der Waals surface area contributed by atoms with E-state index in [1.807, 2.05) is 32.0 Å². The number of hydrogen-bond donors (Lipinski definition) is 1. The summed E-state index contributed by atoms with van der Waals surface area (Å²) in [4.78, 5) is 13.6. The molecule has 0 aliphatic carbocycles. The second kappa shape index (κ2) is 7.18. The third-order valence-electron chi connectivity index (χ3n) is 3.78. The zero-order valence-electron chi connectivity index (χ0n) is 13.7. The van der Waals surface area contributed by atoms with Gasteiger partial charge in [0.25, 0.3) is 0 Å². The van der Waals surface area contributed by atoms with E-state index in [1.165, 1.54) is 10.6 Å². The number of aryl methyl sites for hydroxylation is 2. The van der Waals surface area contributed by atoms with Crippen LogP contribution in [-0.4, -0.2) is 62.8 Å². The van der Waals surface area contributed by atoms with Crippen molar-refractivity contribution in [1.82, 2.24) is 14.5 Å². The van der Waals surface area contributed by atoms with Crippen molar-refractivity contribution < 1.29 is 17.9 Å². The number of carbonyl (C=O) groups is 1. The van der Waals surface area contributed by atoms with Crippen molar-refractivity contribution in [3.05, 3.63) is 29.3 Å². The molecule has 1 saturated heterocycles. The molecule has 8 heteroatoms. The van der Waals surface area contributed by atoms with Gasteiger partial charge in [0.2, 0.25) is 10.0 Å². The zero-order chi connectivity index (χ0) is 17.0. The Morgan fingerprint density at radius 3 is 2.43 bits per heavy atom. The Balaban J connectivity index is 1.78. The fraction of sp³-hybridized carbons (Fsp3) is 0.533. The second-order valence-corrected chi connectivity index (χ2v) is 7.67. The molecule has 23 heavy (non-hydrogen) atoms. The fourth-order valence-corrected chi connectivity index (χ4v) is 3.30. The van der Waals surface area contributed by atoms with Crippen LogP contribution in [0.15, 0.2) is 18.2 Å². The van der Waals surface area contributed by atoms with Gasteiger partial charge in [0.15, 0.2) is 6.73 Å². The number of carbonyl (C=O) groups excluding carboxylic acids is 1. The molecule has 1 N–H and O–H groups in total. The molecule has 1 heterocycles. The Bertz CT molecular complexity index is 667. The van der Waals surface area contributed by atoms with Crippen LogP contribution in [-0.2, 0) is 10.0 Å². The lowest BCUT2D eigenvalue weighted by atomic mass is 10.1. The molecular weight excluding hydrogens is 318 g/mol. The first-order valence-electron chi connectivity index (χ1n) is 7.45. The lowest BCUT2D eigenvalue weighted by molar-refractivity contribution is 0.162. The van der Waals surface area contributed by atoms with Crippen LogP contribution in [0.2, 0.25) is 0 Å². The summed E-state index contributed by atoms with van der Waals surface area (Å²) in [6.07, 6.45) is 1.18. The molecule has 1 aromatic carbocycles. The summed E-state index contributed by atoms with van der Waals surface area (Å²) in [5.41, 5.74) is 2.17. The Hall–Kier alpha value is -1.80. The van der Waals surface area contributed by atoms with Gasteiger partial charge in [-0.15, -0.1) is 0 Å². The largest absolute Gasteiger partial charge is 0.473 e. The number of hydrogen-bond acceptors (Lipinski definition) is 4. The predicted octanol–water partition coefficient (Wildman–Crippen LogP) is 0.927. The number of ether oxygens (including phenoxy) is 1. The molecule has 1 aliphatic rings. The molecule has 0 unspecified atom stereocenters. The highest BCUT2D eigenvalue weighted by Gasteiger charge is 2.25. The van der Waals surface area contributed by atoms with E-state index >= 15 is 0 Å². The van der Waals surface area contributed by atoms with Crippen molar-refractivity contribution in [1.29, 1.82) is 0 Å². The minimum Gasteiger partial charge on any atom is -0.473 e. The quantitative estimate of drug-likeness (QED) is 0.826. The van der Waals surface area contributed by atoms with E-state index in [4.69, 9.17) is 4.74 Å². The summed E-state index contributed by atoms with van der Waals surface area (Å²) in [5, 5.41) is 2.69. The zero-order valence-corrected chi connectivity index (χ0v) is 14.5. The molecule has 0 spiro atoms. The topological polar surface area (TPSA) is 79.0 Å². The van der Waals surface area contributed by atoms with Crippen LogP contribution >= 0.6 is 0 Å². The smallest absolute Gasteiger partial charge is 0.320 e. The van der Waals surface area contributed by atoms with Crippen molar-refractivity contribution in [2.45, 2.75) is 13.8 Å². The molecule has 0 aromatic heterocycles. The van der Waals surface area contributed by atoms with Crippen LogP contribution in [0.1, 0.15) is 11.1 Å². The number of amides is 2. The van der Waals surface area contributed by atoms with Gasteiger partial charge in [-0.05, 0) is 25.5 Å². The maximum Gasteiger partial charge on any atom is 0.320 e. The molecule has 128 valence electrons. The van der Waals surface area contributed by atoms with E-state index in [0.717, 1.165) is 16.9 Å². The van der Waals surface area contributed by atoms with Crippen LogP contribution in [0.3, 0.4) is 0 Å². The number of rotatable bonds is 4. The highest BCUT2D eigenvalue weighted by atomic mass is 32.2. The first-order chi connectivity index (χ1) is 10.8. The van der Waals surface area contributed by atoms with Gasteiger partial charge in [0.1, 0.15) is 5.75 Å². The number of urea groups is 1. The highest BCUT2D eigenvalue weighted by molar-refractivity contribution is 7.88. The molecule has 2 rings (SSSR count). The van der Waals surface area contributed by atoms with Gasteiger partial charge in [-0.2, -0.15) is 4.31 Å². The van der Waals surface area contributed by atoms with Crippen LogP contribution in [0.4, 0.5) is 4.79 Å². The van der Waals surface area contributed by atoms with Crippen LogP contribution in [0, 0.1) is 13.8 Å². The molecule has 0 saturated carbocycles. The summed E-state index contributed by atoms with van der Waals surface area (Å²) >= 11 is 0. The van der Waals surface area contributed by atoms with Gasteiger partial charge in [0.05, 0.1) is 6.26 Å². The number of nitrogens with zero attached hydrogens (tertiary/aromatic N) is 2. The molecule has 1 aliphatic heterocycles. The average molecular weight is 341 g/mol. The summed E-state index contributed by atoms with van der Waals surface area (Å²) in [5.74, 6) is 0.734. The highest BCUT2D eigenvalue weighted by Crippen LogP contribution is 2.18. The molecular formula is C15H23N3O4S. The molecule has 0 radical (unpaired) electrons. The number of piperazine rings is 1. The Kier molecular flexibility index (Phi) is 5.48. The van der Waals surface area contributed by atoms with Gasteiger partial charge in [0, 0.05) is 26.2 Å². The molecule has 0 atom stereocenters. The van der Waals surface area contributed by atoms with Gasteiger partial charge in [-0.25, -0.2) is 13.2 Å². The average Bonchev–Trinajstić information content (AvgIpc) is 2.48. The summed E-state index contributed by atoms with van der Waals surface area (Å²) in [7, 11) is -3.19. The van der Waals surface area contributed by atoms with E-state index in [9.17, 15) is 13.2 Å². The first kappa shape index (κ1) is 17.6. The van der Waals surface area contributed by atoms with Crippen LogP contribution in [0.25, 0.3) is 0 Å². The van der Waals surface area contributed by atoms with E-state index in [2.05, 4.69) is 5.32 Å². The molecule has 1 aromatic rings. The summed E-state index contributed by atoms with van der Waals surface area (Å²) in [6.45, 7) is 5.44. The maximum absolute atomic E-state index is 12.1. The molecule has 2 amide bonds. The van der Waals surface area contributed by atoms with Crippen molar-refractivity contribution in [2.24, 2.45) is 0 Å². The number of benzene rings is 1. The van der Waals surface area contributed by atoms with Crippen LogP contribution < -0.4 is 10.1 Å². The van der Waals surface area contributed by atoms with E-state index in [1.54, 1.807) is 4.90 Å². The van der Waals surface area contributed by atoms with E-state index in [0.29, 0.717) is 26.2 Å². The standard InChI is InChI=1S/C15H23N3O4S/c1-12-4-5-14(13(2)10-12)22-11-16-15(19)17-6-8-18(9-7-17)23(3,20)21/h4-5,10H,6-9,11H2,1-3H3,(H,16,19). The molecule has 1 fully saturated rings. The minimum absolute atomic E-state index is 0.0784. The summed E-state index contributed by atoms with van der Waals surface area (Å²) in [6, 6.07) is 5.60. The number of nitrogens with one attached hydrogen (secondary N) is 1. The molecule has 7 nitrogen and oxygen atoms in total. The third kappa shape index (κ3) is 4.84. The number of sulfonamides is 1. The Labute approximate surface area is 137 Å².